The predicted octanol–water partition coefficient (Wildman–Crippen LogP) is 4.15. The molecule has 152 valence electrons. The molecule has 0 spiro atoms. The third kappa shape index (κ3) is 5.17. The van der Waals surface area contributed by atoms with E-state index in [2.05, 4.69) is 5.32 Å². The van der Waals surface area contributed by atoms with Crippen LogP contribution in [0.4, 0.5) is 11.4 Å². The van der Waals surface area contributed by atoms with Crippen molar-refractivity contribution < 1.29 is 17.9 Å². The van der Waals surface area contributed by atoms with E-state index in [1.54, 1.807) is 19.1 Å². The molecular formula is C20H25ClN2O4S. The Bertz CT molecular complexity index is 956. The molecule has 2 rings (SSSR count). The molecule has 6 nitrogen and oxygen atoms in total. The summed E-state index contributed by atoms with van der Waals surface area (Å²) in [6, 6.07) is 9.35. The minimum Gasteiger partial charge on any atom is -0.495 e. The smallest absolute Gasteiger partial charge is 0.248 e. The van der Waals surface area contributed by atoms with Crippen molar-refractivity contribution in [3.63, 3.8) is 0 Å². The van der Waals surface area contributed by atoms with Crippen molar-refractivity contribution >= 4 is 38.9 Å². The van der Waals surface area contributed by atoms with Crippen LogP contribution >= 0.6 is 11.6 Å². The Balaban J connectivity index is 2.49. The molecule has 0 heterocycles. The number of rotatable bonds is 7. The fraction of sp³-hybridized carbons (Fsp3) is 0.350. The number of nitrogens with zero attached hydrogens (tertiary/aromatic N) is 1. The molecule has 2 aromatic carbocycles. The maximum absolute atomic E-state index is 13.0. The van der Waals surface area contributed by atoms with Crippen molar-refractivity contribution in [2.45, 2.75) is 33.2 Å². The molecular weight excluding hydrogens is 400 g/mol. The minimum absolute atomic E-state index is 0.222. The van der Waals surface area contributed by atoms with E-state index in [0.29, 0.717) is 16.5 Å². The van der Waals surface area contributed by atoms with Gasteiger partial charge in [-0.05, 0) is 61.7 Å². The molecule has 0 radical (unpaired) electrons. The first-order valence-corrected chi connectivity index (χ1v) is 11.0. The van der Waals surface area contributed by atoms with Crippen molar-refractivity contribution in [2.75, 3.05) is 23.0 Å². The van der Waals surface area contributed by atoms with E-state index in [1.807, 2.05) is 32.0 Å². The first-order valence-electron chi connectivity index (χ1n) is 8.79. The van der Waals surface area contributed by atoms with Gasteiger partial charge in [-0.3, -0.25) is 9.10 Å². The van der Waals surface area contributed by atoms with Gasteiger partial charge < -0.3 is 10.1 Å². The second kappa shape index (κ2) is 8.84. The van der Waals surface area contributed by atoms with Gasteiger partial charge in [0.1, 0.15) is 11.8 Å². The number of aryl methyl sites for hydroxylation is 2. The van der Waals surface area contributed by atoms with E-state index < -0.39 is 22.0 Å². The number of ether oxygens (including phenoxy) is 1. The molecule has 0 saturated carbocycles. The van der Waals surface area contributed by atoms with Gasteiger partial charge in [0.15, 0.2) is 0 Å². The predicted molar refractivity (Wildman–Crippen MR) is 114 cm³/mol. The lowest BCUT2D eigenvalue weighted by Crippen LogP contribution is -2.47. The first-order chi connectivity index (χ1) is 13.1. The molecule has 0 bridgehead atoms. The lowest BCUT2D eigenvalue weighted by molar-refractivity contribution is -0.117. The Morgan fingerprint density at radius 3 is 2.29 bits per heavy atom. The van der Waals surface area contributed by atoms with Gasteiger partial charge >= 0.3 is 0 Å². The van der Waals surface area contributed by atoms with E-state index in [0.717, 1.165) is 21.7 Å². The van der Waals surface area contributed by atoms with Gasteiger partial charge in [0.2, 0.25) is 15.9 Å². The van der Waals surface area contributed by atoms with Gasteiger partial charge in [0.25, 0.3) is 0 Å². The summed E-state index contributed by atoms with van der Waals surface area (Å²) < 4.78 is 31.6. The summed E-state index contributed by atoms with van der Waals surface area (Å²) in [5.41, 5.74) is 2.84. The highest BCUT2D eigenvalue weighted by Crippen LogP contribution is 2.35. The summed E-state index contributed by atoms with van der Waals surface area (Å²) in [6.45, 7) is 5.61. The Kier molecular flexibility index (Phi) is 6.96. The summed E-state index contributed by atoms with van der Waals surface area (Å²) in [5.74, 6) is -0.118. The second-order valence-electron chi connectivity index (χ2n) is 6.66. The molecule has 0 unspecified atom stereocenters. The second-order valence-corrected chi connectivity index (χ2v) is 8.96. The highest BCUT2D eigenvalue weighted by atomic mass is 35.5. The summed E-state index contributed by atoms with van der Waals surface area (Å²) in [5, 5.41) is 3.17. The number of anilines is 2. The van der Waals surface area contributed by atoms with Crippen LogP contribution < -0.4 is 14.4 Å². The number of carbonyl (C=O) groups is 1. The molecule has 1 amide bonds. The lowest BCUT2D eigenvalue weighted by atomic mass is 10.1. The van der Waals surface area contributed by atoms with E-state index >= 15 is 0 Å². The molecule has 0 aliphatic rings. The van der Waals surface area contributed by atoms with Crippen LogP contribution in [-0.4, -0.2) is 33.7 Å². The van der Waals surface area contributed by atoms with Crippen LogP contribution in [0.3, 0.4) is 0 Å². The van der Waals surface area contributed by atoms with Gasteiger partial charge in [-0.15, -0.1) is 0 Å². The zero-order valence-corrected chi connectivity index (χ0v) is 18.2. The summed E-state index contributed by atoms with van der Waals surface area (Å²) >= 11 is 6.08. The number of halogens is 1. The lowest BCUT2D eigenvalue weighted by Gasteiger charge is -2.31. The van der Waals surface area contributed by atoms with E-state index in [4.69, 9.17) is 16.3 Å². The minimum atomic E-state index is -3.80. The van der Waals surface area contributed by atoms with Crippen LogP contribution in [0.15, 0.2) is 36.4 Å². The molecule has 0 aliphatic heterocycles. The number of sulfonamides is 1. The molecule has 0 fully saturated rings. The van der Waals surface area contributed by atoms with E-state index in [-0.39, 0.29) is 12.1 Å². The topological polar surface area (TPSA) is 75.7 Å². The number of hydrogen-bond donors (Lipinski definition) is 1. The van der Waals surface area contributed by atoms with Crippen LogP contribution in [0.2, 0.25) is 5.02 Å². The first kappa shape index (κ1) is 22.0. The fourth-order valence-corrected chi connectivity index (χ4v) is 4.52. The highest BCUT2D eigenvalue weighted by molar-refractivity contribution is 7.92. The maximum atomic E-state index is 13.0. The van der Waals surface area contributed by atoms with E-state index in [1.165, 1.54) is 13.2 Å². The van der Waals surface area contributed by atoms with Crippen molar-refractivity contribution in [2.24, 2.45) is 0 Å². The van der Waals surface area contributed by atoms with Crippen LogP contribution in [0.25, 0.3) is 0 Å². The largest absolute Gasteiger partial charge is 0.495 e. The van der Waals surface area contributed by atoms with Crippen molar-refractivity contribution in [3.05, 3.63) is 52.5 Å². The zero-order valence-electron chi connectivity index (χ0n) is 16.6. The number of hydrogen-bond acceptors (Lipinski definition) is 4. The molecule has 1 N–H and O–H groups in total. The summed E-state index contributed by atoms with van der Waals surface area (Å²) in [4.78, 5) is 13.0. The third-order valence-electron chi connectivity index (χ3n) is 4.20. The number of benzene rings is 2. The normalized spacial score (nSPS) is 12.4. The molecule has 28 heavy (non-hydrogen) atoms. The van der Waals surface area contributed by atoms with Crippen LogP contribution in [0.5, 0.6) is 5.75 Å². The van der Waals surface area contributed by atoms with Gasteiger partial charge in [0, 0.05) is 10.7 Å². The Hall–Kier alpha value is -2.25. The molecule has 0 saturated heterocycles. The summed E-state index contributed by atoms with van der Waals surface area (Å²) in [7, 11) is -2.36. The molecule has 8 heteroatoms. The third-order valence-corrected chi connectivity index (χ3v) is 5.60. The van der Waals surface area contributed by atoms with Gasteiger partial charge in [-0.2, -0.15) is 0 Å². The maximum Gasteiger partial charge on any atom is 0.248 e. The number of amides is 1. The monoisotopic (exact) mass is 424 g/mol. The number of carbonyl (C=O) groups excluding carboxylic acids is 1. The molecule has 2 aromatic rings. The van der Waals surface area contributed by atoms with E-state index in [9.17, 15) is 13.2 Å². The van der Waals surface area contributed by atoms with Crippen LogP contribution in [0.1, 0.15) is 24.5 Å². The SMILES string of the molecule is CC[C@@H](C(=O)Nc1cc(C)cc(C)c1)N(c1cc(Cl)ccc1OC)S(C)(=O)=O. The number of methoxy groups -OCH3 is 1. The number of nitrogens with one attached hydrogen (secondary N) is 1. The Labute approximate surface area is 171 Å². The average Bonchev–Trinajstić information content (AvgIpc) is 2.57. The average molecular weight is 425 g/mol. The standard InChI is InChI=1S/C20H25ClN2O4S/c1-6-17(20(24)22-16-10-13(2)9-14(3)11-16)23(28(5,25)26)18-12-15(21)7-8-19(18)27-4/h7-12,17H,6H2,1-5H3,(H,22,24)/t17-/m0/s1. The highest BCUT2D eigenvalue weighted by Gasteiger charge is 2.33. The fourth-order valence-electron chi connectivity index (χ4n) is 3.14. The van der Waals surface area contributed by atoms with Crippen LogP contribution in [-0.2, 0) is 14.8 Å². The van der Waals surface area contributed by atoms with Crippen molar-refractivity contribution in [1.82, 2.24) is 0 Å². The van der Waals surface area contributed by atoms with Crippen LogP contribution in [0, 0.1) is 13.8 Å². The summed E-state index contributed by atoms with van der Waals surface area (Å²) in [6.07, 6.45) is 1.32. The quantitative estimate of drug-likeness (QED) is 0.724. The van der Waals surface area contributed by atoms with Gasteiger partial charge in [-0.25, -0.2) is 8.42 Å². The Morgan fingerprint density at radius 2 is 1.79 bits per heavy atom. The van der Waals surface area contributed by atoms with Crippen molar-refractivity contribution in [1.29, 1.82) is 0 Å². The molecule has 0 aromatic heterocycles. The zero-order chi connectivity index (χ0) is 21.1. The van der Waals surface area contributed by atoms with Crippen molar-refractivity contribution in [3.8, 4) is 5.75 Å². The molecule has 1 atom stereocenters. The molecule has 0 aliphatic carbocycles. The van der Waals surface area contributed by atoms with Gasteiger partial charge in [-0.1, -0.05) is 24.6 Å². The van der Waals surface area contributed by atoms with Gasteiger partial charge in [0.05, 0.1) is 19.1 Å². The Morgan fingerprint density at radius 1 is 1.18 bits per heavy atom.